The van der Waals surface area contributed by atoms with Gasteiger partial charge in [0, 0.05) is 42.2 Å². The van der Waals surface area contributed by atoms with Crippen LogP contribution in [0.1, 0.15) is 24.8 Å². The van der Waals surface area contributed by atoms with Gasteiger partial charge in [-0.15, -0.1) is 0 Å². The van der Waals surface area contributed by atoms with E-state index in [0.29, 0.717) is 39.6 Å². The number of aromatic nitrogens is 1. The zero-order valence-corrected chi connectivity index (χ0v) is 26.3. The van der Waals surface area contributed by atoms with Gasteiger partial charge in [-0.1, -0.05) is 17.7 Å². The van der Waals surface area contributed by atoms with E-state index in [2.05, 4.69) is 15.6 Å². The third-order valence-electron chi connectivity index (χ3n) is 8.34. The molecule has 3 amide bonds. The highest BCUT2D eigenvalue weighted by Gasteiger charge is 2.41. The quantitative estimate of drug-likeness (QED) is 0.198. The summed E-state index contributed by atoms with van der Waals surface area (Å²) >= 11 is 6.45. The Bertz CT molecular complexity index is 1770. The lowest BCUT2D eigenvalue weighted by Gasteiger charge is -2.47. The van der Waals surface area contributed by atoms with Crippen molar-refractivity contribution in [2.45, 2.75) is 26.2 Å². The Morgan fingerprint density at radius 2 is 1.78 bits per heavy atom. The average Bonchev–Trinajstić information content (AvgIpc) is 3.03. The Balaban J connectivity index is 1.09. The summed E-state index contributed by atoms with van der Waals surface area (Å²) in [7, 11) is 1.54. The Hall–Kier alpha value is -4.61. The normalized spacial score (nSPS) is 15.3. The van der Waals surface area contributed by atoms with Crippen LogP contribution in [0.4, 0.5) is 20.6 Å². The van der Waals surface area contributed by atoms with Crippen molar-refractivity contribution in [2.75, 3.05) is 50.7 Å². The average molecular weight is 649 g/mol. The molecule has 240 valence electrons. The number of carbonyl (C=O) groups excluding carboxylic acids is 2. The second-order valence-electron chi connectivity index (χ2n) is 11.6. The topological polar surface area (TPSA) is 111 Å². The molecule has 46 heavy (non-hydrogen) atoms. The highest BCUT2D eigenvalue weighted by Crippen LogP contribution is 2.40. The minimum Gasteiger partial charge on any atom is -0.493 e. The Labute approximate surface area is 270 Å². The second-order valence-corrected chi connectivity index (χ2v) is 12.0. The first-order chi connectivity index (χ1) is 22.2. The molecule has 3 heterocycles. The zero-order valence-electron chi connectivity index (χ0n) is 25.5. The Morgan fingerprint density at radius 1 is 1.00 bits per heavy atom. The SMILES string of the molecule is COc1cc2c(Oc3ccc(NC(=O)Nc4cc(C)ccc4F)c(Cl)c3)ccnc2cc1OCCC(=O)N1CCC2(CC1)COC2. The predicted octanol–water partition coefficient (Wildman–Crippen LogP) is 7.19. The molecule has 0 unspecified atom stereocenters. The van der Waals surface area contributed by atoms with Gasteiger partial charge < -0.3 is 34.5 Å². The third kappa shape index (κ3) is 6.95. The van der Waals surface area contributed by atoms with Crippen LogP contribution in [0.3, 0.4) is 0 Å². The number of likely N-dealkylation sites (tertiary alicyclic amines) is 1. The number of nitrogens with one attached hydrogen (secondary N) is 2. The minimum absolute atomic E-state index is 0.0610. The van der Waals surface area contributed by atoms with Gasteiger partial charge in [0.2, 0.25) is 5.91 Å². The smallest absolute Gasteiger partial charge is 0.323 e. The number of benzene rings is 3. The van der Waals surface area contributed by atoms with Crippen LogP contribution in [0.15, 0.2) is 60.8 Å². The van der Waals surface area contributed by atoms with E-state index in [1.807, 2.05) is 4.90 Å². The highest BCUT2D eigenvalue weighted by molar-refractivity contribution is 6.34. The number of hydrogen-bond acceptors (Lipinski definition) is 7. The number of piperidine rings is 1. The van der Waals surface area contributed by atoms with Crippen LogP contribution in [0.2, 0.25) is 5.02 Å². The fraction of sp³-hybridized carbons (Fsp3) is 0.324. The van der Waals surface area contributed by atoms with Gasteiger partial charge in [0.15, 0.2) is 11.5 Å². The molecule has 1 spiro atoms. The molecule has 2 aliphatic heterocycles. The van der Waals surface area contributed by atoms with Gasteiger partial charge in [0.1, 0.15) is 17.3 Å². The number of hydrogen-bond donors (Lipinski definition) is 2. The molecule has 0 bridgehead atoms. The third-order valence-corrected chi connectivity index (χ3v) is 8.65. The lowest BCUT2D eigenvalue weighted by Crippen LogP contribution is -2.52. The number of aryl methyl sites for hydroxylation is 1. The fourth-order valence-electron chi connectivity index (χ4n) is 5.60. The van der Waals surface area contributed by atoms with Crippen LogP contribution in [-0.2, 0) is 9.53 Å². The largest absolute Gasteiger partial charge is 0.493 e. The van der Waals surface area contributed by atoms with Crippen molar-refractivity contribution in [2.24, 2.45) is 5.41 Å². The molecule has 2 saturated heterocycles. The van der Waals surface area contributed by atoms with E-state index < -0.39 is 11.8 Å². The number of urea groups is 1. The van der Waals surface area contributed by atoms with Crippen LogP contribution < -0.4 is 24.8 Å². The number of halogens is 2. The van der Waals surface area contributed by atoms with Gasteiger partial charge in [0.05, 0.1) is 55.3 Å². The van der Waals surface area contributed by atoms with Crippen LogP contribution in [-0.4, -0.2) is 61.8 Å². The summed E-state index contributed by atoms with van der Waals surface area (Å²) in [5.74, 6) is 1.38. The Kier molecular flexibility index (Phi) is 9.14. The molecule has 0 radical (unpaired) electrons. The van der Waals surface area contributed by atoms with E-state index in [9.17, 15) is 14.0 Å². The molecule has 4 aromatic rings. The molecule has 10 nitrogen and oxygen atoms in total. The minimum atomic E-state index is -0.640. The zero-order chi connectivity index (χ0) is 32.3. The maximum atomic E-state index is 14.0. The summed E-state index contributed by atoms with van der Waals surface area (Å²) in [4.78, 5) is 31.7. The summed E-state index contributed by atoms with van der Waals surface area (Å²) in [6.45, 7) is 5.12. The van der Waals surface area contributed by atoms with Crippen molar-refractivity contribution in [3.63, 3.8) is 0 Å². The number of rotatable bonds is 9. The van der Waals surface area contributed by atoms with Crippen molar-refractivity contribution < 1.29 is 32.9 Å². The summed E-state index contributed by atoms with van der Waals surface area (Å²) < 4.78 is 37.2. The summed E-state index contributed by atoms with van der Waals surface area (Å²) in [6.07, 6.45) is 3.84. The van der Waals surface area contributed by atoms with Gasteiger partial charge in [-0.25, -0.2) is 9.18 Å². The monoisotopic (exact) mass is 648 g/mol. The van der Waals surface area contributed by atoms with Crippen LogP contribution >= 0.6 is 11.6 Å². The van der Waals surface area contributed by atoms with Crippen molar-refractivity contribution in [3.05, 3.63) is 77.2 Å². The molecule has 0 saturated carbocycles. The number of carbonyl (C=O) groups is 2. The van der Waals surface area contributed by atoms with Gasteiger partial charge in [0.25, 0.3) is 0 Å². The second kappa shape index (κ2) is 13.4. The van der Waals surface area contributed by atoms with E-state index in [-0.39, 0.29) is 35.1 Å². The molecule has 0 aliphatic carbocycles. The van der Waals surface area contributed by atoms with Crippen molar-refractivity contribution in [3.8, 4) is 23.0 Å². The number of nitrogens with zero attached hydrogens (tertiary/aromatic N) is 2. The number of pyridine rings is 1. The lowest BCUT2D eigenvalue weighted by atomic mass is 9.77. The van der Waals surface area contributed by atoms with Crippen molar-refractivity contribution in [1.29, 1.82) is 0 Å². The maximum absolute atomic E-state index is 14.0. The van der Waals surface area contributed by atoms with Gasteiger partial charge in [-0.3, -0.25) is 9.78 Å². The number of anilines is 2. The summed E-state index contributed by atoms with van der Waals surface area (Å²) in [5, 5.41) is 6.01. The van der Waals surface area contributed by atoms with E-state index >= 15 is 0 Å². The molecule has 0 atom stereocenters. The number of methoxy groups -OCH3 is 1. The molecular formula is C34H34ClFN4O6. The molecule has 12 heteroatoms. The first-order valence-corrected chi connectivity index (χ1v) is 15.4. The van der Waals surface area contributed by atoms with Crippen molar-refractivity contribution >= 4 is 45.8 Å². The molecule has 1 aromatic heterocycles. The molecule has 2 N–H and O–H groups in total. The molecule has 6 rings (SSSR count). The van der Waals surface area contributed by atoms with Gasteiger partial charge in [-0.2, -0.15) is 0 Å². The van der Waals surface area contributed by atoms with Gasteiger partial charge >= 0.3 is 6.03 Å². The standard InChI is InChI=1S/C34H34ClFN4O6/c1-21-3-5-25(36)28(15-21)39-33(42)38-26-6-4-22(16-24(26)35)46-29-7-11-37-27-18-31(30(43-2)17-23(27)29)45-14-8-32(41)40-12-9-34(10-13-40)19-44-20-34/h3-7,11,15-18H,8-10,12-14,19-20H2,1-2H3,(H2,38,39,42). The molecule has 2 aliphatic rings. The molecule has 3 aromatic carbocycles. The molecular weight excluding hydrogens is 615 g/mol. The highest BCUT2D eigenvalue weighted by atomic mass is 35.5. The Morgan fingerprint density at radius 3 is 2.50 bits per heavy atom. The first kappa shape index (κ1) is 31.4. The first-order valence-electron chi connectivity index (χ1n) is 15.0. The maximum Gasteiger partial charge on any atom is 0.323 e. The molecule has 2 fully saturated rings. The van der Waals surface area contributed by atoms with Crippen LogP contribution in [0, 0.1) is 18.2 Å². The van der Waals surface area contributed by atoms with E-state index in [4.69, 9.17) is 30.5 Å². The summed E-state index contributed by atoms with van der Waals surface area (Å²) in [5.41, 5.74) is 2.06. The van der Waals surface area contributed by atoms with Crippen LogP contribution in [0.5, 0.6) is 23.0 Å². The number of ether oxygens (including phenoxy) is 4. The lowest BCUT2D eigenvalue weighted by molar-refractivity contribution is -0.153. The number of fused-ring (bicyclic) bond motifs is 1. The number of amides is 3. The van der Waals surface area contributed by atoms with E-state index in [1.165, 1.54) is 12.1 Å². The van der Waals surface area contributed by atoms with E-state index in [1.54, 1.807) is 62.7 Å². The van der Waals surface area contributed by atoms with Crippen molar-refractivity contribution in [1.82, 2.24) is 9.88 Å². The predicted molar refractivity (Wildman–Crippen MR) is 173 cm³/mol. The summed E-state index contributed by atoms with van der Waals surface area (Å²) in [6, 6.07) is 13.8. The van der Waals surface area contributed by atoms with Gasteiger partial charge in [-0.05, 0) is 61.7 Å². The van der Waals surface area contributed by atoms with Crippen LogP contribution in [0.25, 0.3) is 10.9 Å². The van der Waals surface area contributed by atoms with E-state index in [0.717, 1.165) is 44.7 Å². The fourth-order valence-corrected chi connectivity index (χ4v) is 5.82.